The summed E-state index contributed by atoms with van der Waals surface area (Å²) in [7, 11) is 0. The van der Waals surface area contributed by atoms with Crippen LogP contribution in [0.25, 0.3) is 22.4 Å². The van der Waals surface area contributed by atoms with Crippen molar-refractivity contribution in [2.45, 2.75) is 27.7 Å². The molecule has 3 aromatic rings. The van der Waals surface area contributed by atoms with E-state index in [4.69, 9.17) is 9.72 Å². The van der Waals surface area contributed by atoms with E-state index < -0.39 is 6.09 Å². The lowest BCUT2D eigenvalue weighted by atomic mass is 10.1. The van der Waals surface area contributed by atoms with Crippen molar-refractivity contribution >= 4 is 28.8 Å². The number of rotatable bonds is 6. The maximum Gasteiger partial charge on any atom is 0.412 e. The molecule has 0 atom stereocenters. The van der Waals surface area contributed by atoms with Crippen molar-refractivity contribution in [1.82, 2.24) is 15.0 Å². The highest BCUT2D eigenvalue weighted by atomic mass is 16.5. The van der Waals surface area contributed by atoms with Crippen molar-refractivity contribution < 1.29 is 9.53 Å². The summed E-state index contributed by atoms with van der Waals surface area (Å²) in [5, 5.41) is 2.69. The molecule has 1 amide bonds. The number of aromatic nitrogens is 3. The summed E-state index contributed by atoms with van der Waals surface area (Å²) < 4.78 is 4.97. The van der Waals surface area contributed by atoms with Crippen LogP contribution in [0.5, 0.6) is 0 Å². The zero-order chi connectivity index (χ0) is 19.4. The summed E-state index contributed by atoms with van der Waals surface area (Å²) in [6.07, 6.45) is -0.520. The minimum Gasteiger partial charge on any atom is -0.450 e. The Morgan fingerprint density at radius 2 is 1.85 bits per heavy atom. The second kappa shape index (κ2) is 8.07. The van der Waals surface area contributed by atoms with E-state index >= 15 is 0 Å². The zero-order valence-electron chi connectivity index (χ0n) is 16.2. The summed E-state index contributed by atoms with van der Waals surface area (Å²) in [5.41, 5.74) is 3.79. The van der Waals surface area contributed by atoms with Crippen LogP contribution < -0.4 is 10.2 Å². The first-order chi connectivity index (χ1) is 13.0. The maximum absolute atomic E-state index is 11.8. The number of aromatic amines is 1. The maximum atomic E-state index is 11.8. The number of imidazole rings is 1. The summed E-state index contributed by atoms with van der Waals surface area (Å²) in [6, 6.07) is 9.97. The number of H-pyrrole nitrogens is 1. The van der Waals surface area contributed by atoms with Crippen LogP contribution in [0.15, 0.2) is 30.3 Å². The van der Waals surface area contributed by atoms with Crippen molar-refractivity contribution in [2.24, 2.45) is 0 Å². The minimum atomic E-state index is -0.520. The average Bonchev–Trinajstić information content (AvgIpc) is 3.07. The molecule has 2 N–H and O–H groups in total. The van der Waals surface area contributed by atoms with Crippen LogP contribution >= 0.6 is 0 Å². The zero-order valence-corrected chi connectivity index (χ0v) is 16.2. The van der Waals surface area contributed by atoms with Crippen molar-refractivity contribution in [1.29, 1.82) is 0 Å². The van der Waals surface area contributed by atoms with Gasteiger partial charge in [-0.1, -0.05) is 29.8 Å². The molecule has 0 saturated heterocycles. The summed E-state index contributed by atoms with van der Waals surface area (Å²) in [4.78, 5) is 26.7. The number of hydrogen-bond donors (Lipinski definition) is 2. The first-order valence-electron chi connectivity index (χ1n) is 9.22. The number of hydrogen-bond acceptors (Lipinski definition) is 5. The highest BCUT2D eigenvalue weighted by Crippen LogP contribution is 2.29. The van der Waals surface area contributed by atoms with Gasteiger partial charge in [0.1, 0.15) is 17.2 Å². The number of carbonyl (C=O) groups excluding carboxylic acids is 1. The highest BCUT2D eigenvalue weighted by Gasteiger charge is 2.17. The molecule has 0 spiro atoms. The van der Waals surface area contributed by atoms with E-state index in [0.717, 1.165) is 41.3 Å². The van der Waals surface area contributed by atoms with Crippen molar-refractivity contribution in [3.63, 3.8) is 0 Å². The summed E-state index contributed by atoms with van der Waals surface area (Å²) >= 11 is 0. The molecule has 0 aliphatic rings. The van der Waals surface area contributed by atoms with Crippen LogP contribution in [-0.4, -0.2) is 40.7 Å². The third-order valence-electron chi connectivity index (χ3n) is 4.34. The second-order valence-corrected chi connectivity index (χ2v) is 6.20. The normalized spacial score (nSPS) is 10.8. The molecule has 142 valence electrons. The minimum absolute atomic E-state index is 0.304. The van der Waals surface area contributed by atoms with Crippen LogP contribution in [0.2, 0.25) is 0 Å². The molecule has 0 radical (unpaired) electrons. The van der Waals surface area contributed by atoms with Gasteiger partial charge in [-0.2, -0.15) is 0 Å². The molecule has 2 heterocycles. The van der Waals surface area contributed by atoms with Crippen molar-refractivity contribution in [3.05, 3.63) is 35.9 Å². The number of amides is 1. The Bertz CT molecular complexity index is 929. The number of aryl methyl sites for hydroxylation is 1. The van der Waals surface area contributed by atoms with Crippen LogP contribution in [0, 0.1) is 6.92 Å². The number of nitrogens with zero attached hydrogens (tertiary/aromatic N) is 3. The molecule has 0 saturated carbocycles. The third kappa shape index (κ3) is 4.02. The van der Waals surface area contributed by atoms with E-state index in [1.165, 1.54) is 5.56 Å². The SMILES string of the molecule is CCOC(=O)Nc1cc2[nH]c(-c3ccc(C)cc3)nc2c(N(CC)CC)n1. The average molecular weight is 367 g/mol. The molecule has 3 rings (SSSR count). The summed E-state index contributed by atoms with van der Waals surface area (Å²) in [5.74, 6) is 1.94. The molecule has 0 unspecified atom stereocenters. The Kier molecular flexibility index (Phi) is 5.59. The first-order valence-corrected chi connectivity index (χ1v) is 9.22. The monoisotopic (exact) mass is 367 g/mol. The number of nitrogens with one attached hydrogen (secondary N) is 2. The Balaban J connectivity index is 2.09. The topological polar surface area (TPSA) is 83.1 Å². The van der Waals surface area contributed by atoms with Crippen LogP contribution in [0.4, 0.5) is 16.4 Å². The lowest BCUT2D eigenvalue weighted by Crippen LogP contribution is -2.24. The summed E-state index contributed by atoms with van der Waals surface area (Å²) in [6.45, 7) is 9.82. The van der Waals surface area contributed by atoms with E-state index in [1.807, 2.05) is 12.1 Å². The van der Waals surface area contributed by atoms with Gasteiger partial charge in [0, 0.05) is 24.7 Å². The van der Waals surface area contributed by atoms with E-state index in [9.17, 15) is 4.79 Å². The molecule has 2 aromatic heterocycles. The van der Waals surface area contributed by atoms with E-state index in [-0.39, 0.29) is 0 Å². The number of anilines is 2. The number of fused-ring (bicyclic) bond motifs is 1. The van der Waals surface area contributed by atoms with E-state index in [2.05, 4.69) is 53.1 Å². The molecule has 0 aliphatic carbocycles. The van der Waals surface area contributed by atoms with Crippen LogP contribution in [0.3, 0.4) is 0 Å². The highest BCUT2D eigenvalue weighted by molar-refractivity contribution is 5.93. The molecular weight excluding hydrogens is 342 g/mol. The Hall–Kier alpha value is -3.09. The van der Waals surface area contributed by atoms with Crippen molar-refractivity contribution in [2.75, 3.05) is 29.9 Å². The lowest BCUT2D eigenvalue weighted by Gasteiger charge is -2.20. The first kappa shape index (κ1) is 18.7. The molecule has 1 aromatic carbocycles. The van der Waals surface area contributed by atoms with Gasteiger partial charge in [0.25, 0.3) is 0 Å². The molecule has 0 aliphatic heterocycles. The van der Waals surface area contributed by atoms with Gasteiger partial charge in [0.2, 0.25) is 0 Å². The van der Waals surface area contributed by atoms with Gasteiger partial charge in [0.05, 0.1) is 12.1 Å². The quantitative estimate of drug-likeness (QED) is 0.677. The Morgan fingerprint density at radius 1 is 1.15 bits per heavy atom. The molecule has 7 nitrogen and oxygen atoms in total. The van der Waals surface area contributed by atoms with E-state index in [0.29, 0.717) is 12.4 Å². The van der Waals surface area contributed by atoms with E-state index in [1.54, 1.807) is 13.0 Å². The lowest BCUT2D eigenvalue weighted by molar-refractivity contribution is 0.168. The number of benzene rings is 1. The molecule has 27 heavy (non-hydrogen) atoms. The van der Waals surface area contributed by atoms with Gasteiger partial charge in [-0.05, 0) is 27.7 Å². The van der Waals surface area contributed by atoms with Gasteiger partial charge < -0.3 is 14.6 Å². The van der Waals surface area contributed by atoms with Crippen molar-refractivity contribution in [3.8, 4) is 11.4 Å². The van der Waals surface area contributed by atoms with Gasteiger partial charge in [-0.15, -0.1) is 0 Å². The predicted octanol–water partition coefficient (Wildman–Crippen LogP) is 4.35. The standard InChI is InChI=1S/C20H25N5O2/c1-5-25(6-2)19-17-15(12-16(22-19)23-20(26)27-7-3)21-18(24-17)14-10-8-13(4)9-11-14/h8-12H,5-7H2,1-4H3,(H,21,24)(H,22,23,26). The molecule has 0 bridgehead atoms. The smallest absolute Gasteiger partial charge is 0.412 e. The fraction of sp³-hybridized carbons (Fsp3) is 0.350. The Labute approximate surface area is 158 Å². The van der Waals surface area contributed by atoms with Crippen LogP contribution in [0.1, 0.15) is 26.3 Å². The molecule has 7 heteroatoms. The fourth-order valence-corrected chi connectivity index (χ4v) is 2.93. The van der Waals surface area contributed by atoms with Gasteiger partial charge in [-0.3, -0.25) is 5.32 Å². The van der Waals surface area contributed by atoms with Gasteiger partial charge >= 0.3 is 6.09 Å². The number of carbonyl (C=O) groups is 1. The Morgan fingerprint density at radius 3 is 2.48 bits per heavy atom. The second-order valence-electron chi connectivity index (χ2n) is 6.20. The fourth-order valence-electron chi connectivity index (χ4n) is 2.93. The predicted molar refractivity (Wildman–Crippen MR) is 108 cm³/mol. The van der Waals surface area contributed by atoms with Gasteiger partial charge in [0.15, 0.2) is 5.82 Å². The third-order valence-corrected chi connectivity index (χ3v) is 4.34. The molecule has 0 fully saturated rings. The number of ether oxygens (including phenoxy) is 1. The van der Waals surface area contributed by atoms with Gasteiger partial charge in [-0.25, -0.2) is 14.8 Å². The molecular formula is C20H25N5O2. The largest absolute Gasteiger partial charge is 0.450 e. The number of pyridine rings is 1. The van der Waals surface area contributed by atoms with Crippen LogP contribution in [-0.2, 0) is 4.74 Å².